The van der Waals surface area contributed by atoms with Crippen molar-refractivity contribution in [2.45, 2.75) is 45.4 Å². The van der Waals surface area contributed by atoms with Crippen LogP contribution in [0.5, 0.6) is 5.75 Å². The molecule has 1 aromatic carbocycles. The molecule has 1 aliphatic rings. The fourth-order valence-corrected chi connectivity index (χ4v) is 3.18. The summed E-state index contributed by atoms with van der Waals surface area (Å²) in [5.74, 6) is 0.590. The van der Waals surface area contributed by atoms with Crippen LogP contribution in [0, 0.1) is 5.92 Å². The highest BCUT2D eigenvalue weighted by Gasteiger charge is 2.23. The Morgan fingerprint density at radius 2 is 2.00 bits per heavy atom. The standard InChI is InChI=1S/C19H27NO4/c1-2-24-17-9-5-15(6-10-17)7-11-18(21)20-13-3-4-16(14-20)8-12-19(22)23/h5-6,9-10,16H,2-4,7-8,11-14H2,1H3,(H,22,23)/t16-/m0/s1. The molecule has 5 nitrogen and oxygen atoms in total. The summed E-state index contributed by atoms with van der Waals surface area (Å²) in [5, 5.41) is 8.79. The predicted octanol–water partition coefficient (Wildman–Crippen LogP) is 3.12. The molecule has 0 aliphatic carbocycles. The monoisotopic (exact) mass is 333 g/mol. The molecular weight excluding hydrogens is 306 g/mol. The number of likely N-dealkylation sites (tertiary alicyclic amines) is 1. The number of aryl methyl sites for hydroxylation is 1. The molecule has 132 valence electrons. The summed E-state index contributed by atoms with van der Waals surface area (Å²) in [4.78, 5) is 25.0. The molecule has 1 amide bonds. The number of amides is 1. The minimum absolute atomic E-state index is 0.170. The summed E-state index contributed by atoms with van der Waals surface area (Å²) in [7, 11) is 0. The van der Waals surface area contributed by atoms with E-state index in [4.69, 9.17) is 9.84 Å². The van der Waals surface area contributed by atoms with Gasteiger partial charge in [-0.25, -0.2) is 0 Å². The highest BCUT2D eigenvalue weighted by atomic mass is 16.5. The number of hydrogen-bond donors (Lipinski definition) is 1. The molecule has 1 heterocycles. The smallest absolute Gasteiger partial charge is 0.303 e. The normalized spacial score (nSPS) is 17.5. The number of benzene rings is 1. The number of carboxylic acid groups (broad SMARTS) is 1. The van der Waals surface area contributed by atoms with Crippen molar-refractivity contribution in [3.8, 4) is 5.75 Å². The van der Waals surface area contributed by atoms with Crippen LogP contribution in [0.4, 0.5) is 0 Å². The van der Waals surface area contributed by atoms with E-state index in [0.717, 1.165) is 37.1 Å². The van der Waals surface area contributed by atoms with Crippen LogP contribution >= 0.6 is 0 Å². The second kappa shape index (κ2) is 9.30. The van der Waals surface area contributed by atoms with Crippen LogP contribution in [0.3, 0.4) is 0 Å². The highest BCUT2D eigenvalue weighted by molar-refractivity contribution is 5.76. The van der Waals surface area contributed by atoms with Gasteiger partial charge in [-0.3, -0.25) is 9.59 Å². The first-order valence-electron chi connectivity index (χ1n) is 8.79. The van der Waals surface area contributed by atoms with Crippen molar-refractivity contribution in [1.82, 2.24) is 4.90 Å². The molecule has 1 atom stereocenters. The van der Waals surface area contributed by atoms with Crippen LogP contribution in [-0.4, -0.2) is 41.6 Å². The van der Waals surface area contributed by atoms with Gasteiger partial charge in [-0.1, -0.05) is 12.1 Å². The highest BCUT2D eigenvalue weighted by Crippen LogP contribution is 2.22. The van der Waals surface area contributed by atoms with E-state index in [1.54, 1.807) is 0 Å². The van der Waals surface area contributed by atoms with Crippen LogP contribution < -0.4 is 4.74 Å². The fraction of sp³-hybridized carbons (Fsp3) is 0.579. The molecule has 5 heteroatoms. The van der Waals surface area contributed by atoms with E-state index in [0.29, 0.717) is 31.9 Å². The zero-order valence-electron chi connectivity index (χ0n) is 14.4. The van der Waals surface area contributed by atoms with Crippen molar-refractivity contribution >= 4 is 11.9 Å². The van der Waals surface area contributed by atoms with E-state index in [1.165, 1.54) is 0 Å². The number of piperidine rings is 1. The SMILES string of the molecule is CCOc1ccc(CCC(=O)N2CCC[C@@H](CCC(=O)O)C2)cc1. The van der Waals surface area contributed by atoms with E-state index >= 15 is 0 Å². The summed E-state index contributed by atoms with van der Waals surface area (Å²) < 4.78 is 5.42. The third kappa shape index (κ3) is 5.87. The lowest BCUT2D eigenvalue weighted by Crippen LogP contribution is -2.40. The van der Waals surface area contributed by atoms with Gasteiger partial charge in [-0.15, -0.1) is 0 Å². The van der Waals surface area contributed by atoms with Gasteiger partial charge in [0, 0.05) is 25.9 Å². The van der Waals surface area contributed by atoms with E-state index in [1.807, 2.05) is 36.1 Å². The van der Waals surface area contributed by atoms with Gasteiger partial charge in [0.05, 0.1) is 6.61 Å². The first kappa shape index (κ1) is 18.3. The summed E-state index contributed by atoms with van der Waals surface area (Å²) in [6.45, 7) is 4.10. The Bertz CT molecular complexity index is 541. The van der Waals surface area contributed by atoms with Crippen LogP contribution in [-0.2, 0) is 16.0 Å². The van der Waals surface area contributed by atoms with Crippen LogP contribution in [0.25, 0.3) is 0 Å². The second-order valence-corrected chi connectivity index (χ2v) is 6.36. The minimum Gasteiger partial charge on any atom is -0.494 e. The Labute approximate surface area is 143 Å². The van der Waals surface area contributed by atoms with Gasteiger partial charge in [-0.2, -0.15) is 0 Å². The Balaban J connectivity index is 1.77. The summed E-state index contributed by atoms with van der Waals surface area (Å²) in [6.07, 6.45) is 4.08. The molecule has 0 bridgehead atoms. The lowest BCUT2D eigenvalue weighted by molar-refractivity contribution is -0.137. The molecule has 1 saturated heterocycles. The van der Waals surface area contributed by atoms with Crippen molar-refractivity contribution in [2.75, 3.05) is 19.7 Å². The van der Waals surface area contributed by atoms with Gasteiger partial charge in [0.25, 0.3) is 0 Å². The predicted molar refractivity (Wildman–Crippen MR) is 92.1 cm³/mol. The summed E-state index contributed by atoms with van der Waals surface area (Å²) in [6, 6.07) is 7.88. The lowest BCUT2D eigenvalue weighted by atomic mass is 9.93. The number of nitrogens with zero attached hydrogens (tertiary/aromatic N) is 1. The molecule has 24 heavy (non-hydrogen) atoms. The summed E-state index contributed by atoms with van der Waals surface area (Å²) in [5.41, 5.74) is 1.13. The maximum atomic E-state index is 12.4. The van der Waals surface area contributed by atoms with Crippen molar-refractivity contribution in [3.63, 3.8) is 0 Å². The second-order valence-electron chi connectivity index (χ2n) is 6.36. The molecule has 1 aliphatic heterocycles. The average molecular weight is 333 g/mol. The first-order valence-corrected chi connectivity index (χ1v) is 8.79. The van der Waals surface area contributed by atoms with E-state index in [9.17, 15) is 9.59 Å². The number of rotatable bonds is 8. The number of aliphatic carboxylic acids is 1. The first-order chi connectivity index (χ1) is 11.6. The lowest BCUT2D eigenvalue weighted by Gasteiger charge is -2.32. The van der Waals surface area contributed by atoms with Gasteiger partial charge in [-0.05, 0) is 56.2 Å². The Morgan fingerprint density at radius 3 is 2.67 bits per heavy atom. The number of carboxylic acids is 1. The largest absolute Gasteiger partial charge is 0.494 e. The van der Waals surface area contributed by atoms with Crippen molar-refractivity contribution < 1.29 is 19.4 Å². The van der Waals surface area contributed by atoms with Gasteiger partial charge in [0.1, 0.15) is 5.75 Å². The van der Waals surface area contributed by atoms with Gasteiger partial charge >= 0.3 is 5.97 Å². The van der Waals surface area contributed by atoms with Gasteiger partial charge in [0.15, 0.2) is 0 Å². The van der Waals surface area contributed by atoms with Gasteiger partial charge in [0.2, 0.25) is 5.91 Å². The number of ether oxygens (including phenoxy) is 1. The van der Waals surface area contributed by atoms with Crippen LogP contribution in [0.1, 0.15) is 44.6 Å². The zero-order valence-corrected chi connectivity index (χ0v) is 14.4. The van der Waals surface area contributed by atoms with Gasteiger partial charge < -0.3 is 14.7 Å². The fourth-order valence-electron chi connectivity index (χ4n) is 3.18. The summed E-state index contributed by atoms with van der Waals surface area (Å²) >= 11 is 0. The molecule has 1 fully saturated rings. The molecule has 0 unspecified atom stereocenters. The van der Waals surface area contributed by atoms with Crippen LogP contribution in [0.2, 0.25) is 0 Å². The van der Waals surface area contributed by atoms with E-state index in [2.05, 4.69) is 0 Å². The Morgan fingerprint density at radius 1 is 1.25 bits per heavy atom. The average Bonchev–Trinajstić information content (AvgIpc) is 2.59. The molecule has 0 spiro atoms. The molecule has 2 rings (SSSR count). The Hall–Kier alpha value is -2.04. The molecule has 0 radical (unpaired) electrons. The number of hydrogen-bond acceptors (Lipinski definition) is 3. The quantitative estimate of drug-likeness (QED) is 0.794. The molecular formula is C19H27NO4. The maximum Gasteiger partial charge on any atom is 0.303 e. The third-order valence-corrected chi connectivity index (χ3v) is 4.50. The zero-order chi connectivity index (χ0) is 17.4. The van der Waals surface area contributed by atoms with Crippen LogP contribution in [0.15, 0.2) is 24.3 Å². The maximum absolute atomic E-state index is 12.4. The Kier molecular flexibility index (Phi) is 7.09. The molecule has 1 aromatic rings. The molecule has 0 saturated carbocycles. The number of carbonyl (C=O) groups is 2. The topological polar surface area (TPSA) is 66.8 Å². The number of carbonyl (C=O) groups excluding carboxylic acids is 1. The van der Waals surface area contributed by atoms with Crippen molar-refractivity contribution in [3.05, 3.63) is 29.8 Å². The van der Waals surface area contributed by atoms with E-state index < -0.39 is 5.97 Å². The molecule has 0 aromatic heterocycles. The van der Waals surface area contributed by atoms with E-state index in [-0.39, 0.29) is 12.3 Å². The van der Waals surface area contributed by atoms with Crippen molar-refractivity contribution in [1.29, 1.82) is 0 Å². The third-order valence-electron chi connectivity index (χ3n) is 4.50. The molecule has 1 N–H and O–H groups in total. The minimum atomic E-state index is -0.756. The van der Waals surface area contributed by atoms with Crippen molar-refractivity contribution in [2.24, 2.45) is 5.92 Å².